The highest BCUT2D eigenvalue weighted by Gasteiger charge is 2.54. The van der Waals surface area contributed by atoms with Gasteiger partial charge in [0.15, 0.2) is 0 Å². The molecule has 0 saturated heterocycles. The number of nitrogens with one attached hydrogen (secondary N) is 1. The summed E-state index contributed by atoms with van der Waals surface area (Å²) in [5, 5.41) is 3.38. The molecule has 0 radical (unpaired) electrons. The van der Waals surface area contributed by atoms with Crippen molar-refractivity contribution in [3.63, 3.8) is 0 Å². The normalized spacial score (nSPS) is 27.3. The Balaban J connectivity index is 1.50. The molecule has 3 unspecified atom stereocenters. The number of anilines is 1. The van der Waals surface area contributed by atoms with Crippen molar-refractivity contribution in [2.45, 2.75) is 37.3 Å². The number of fused-ring (bicyclic) bond motifs is 4. The van der Waals surface area contributed by atoms with Gasteiger partial charge in [0, 0.05) is 23.4 Å². The van der Waals surface area contributed by atoms with Crippen molar-refractivity contribution in [3.8, 4) is 5.75 Å². The van der Waals surface area contributed by atoms with Gasteiger partial charge in [0.1, 0.15) is 29.7 Å². The van der Waals surface area contributed by atoms with Gasteiger partial charge in [-0.2, -0.15) is 0 Å². The van der Waals surface area contributed by atoms with Crippen LogP contribution in [0.4, 0.5) is 5.69 Å². The average molecular weight is 413 g/mol. The van der Waals surface area contributed by atoms with Gasteiger partial charge in [-0.25, -0.2) is 9.98 Å². The van der Waals surface area contributed by atoms with E-state index in [4.69, 9.17) is 31.8 Å². The predicted octanol–water partition coefficient (Wildman–Crippen LogP) is 3.48. The van der Waals surface area contributed by atoms with Crippen LogP contribution in [0.25, 0.3) is 0 Å². The molecule has 7 nitrogen and oxygen atoms in total. The Morgan fingerprint density at radius 2 is 2.10 bits per heavy atom. The Morgan fingerprint density at radius 3 is 2.86 bits per heavy atom. The molecule has 1 saturated carbocycles. The van der Waals surface area contributed by atoms with E-state index in [0.717, 1.165) is 37.0 Å². The van der Waals surface area contributed by atoms with Crippen LogP contribution in [-0.2, 0) is 10.3 Å². The Kier molecular flexibility index (Phi) is 4.35. The van der Waals surface area contributed by atoms with E-state index in [2.05, 4.69) is 10.3 Å². The standard InChI is InChI=1S/C21H21ClN4O3/c22-12-5-7-16(24-10-12)19(27)25-13-6-8-18-15(9-13)21(11-28-20(23)26-21)14-3-1-2-4-17(14)29-18/h5-10,14,17H,1-4,11H2,(H2,23,26)(H,25,27). The number of carbonyl (C=O) groups is 1. The van der Waals surface area contributed by atoms with Crippen molar-refractivity contribution in [2.24, 2.45) is 16.6 Å². The Labute approximate surface area is 173 Å². The van der Waals surface area contributed by atoms with Gasteiger partial charge >= 0.3 is 0 Å². The fourth-order valence-corrected chi connectivity index (χ4v) is 4.79. The van der Waals surface area contributed by atoms with Gasteiger partial charge in [-0.1, -0.05) is 18.0 Å². The van der Waals surface area contributed by atoms with Crippen LogP contribution in [0.2, 0.25) is 5.02 Å². The number of aliphatic imine (C=N–C) groups is 1. The van der Waals surface area contributed by atoms with Gasteiger partial charge in [-0.05, 0) is 49.6 Å². The first-order chi connectivity index (χ1) is 14.0. The number of amidine groups is 1. The Hall–Kier alpha value is -2.80. The van der Waals surface area contributed by atoms with Gasteiger partial charge in [0.2, 0.25) is 0 Å². The highest BCUT2D eigenvalue weighted by Crippen LogP contribution is 2.52. The first-order valence-electron chi connectivity index (χ1n) is 9.77. The molecule has 3 atom stereocenters. The maximum atomic E-state index is 12.6. The molecule has 1 aromatic heterocycles. The van der Waals surface area contributed by atoms with Crippen LogP contribution in [0.15, 0.2) is 41.5 Å². The van der Waals surface area contributed by atoms with Crippen molar-refractivity contribution in [2.75, 3.05) is 11.9 Å². The summed E-state index contributed by atoms with van der Waals surface area (Å²) >= 11 is 5.85. The van der Waals surface area contributed by atoms with Crippen LogP contribution >= 0.6 is 11.6 Å². The van der Waals surface area contributed by atoms with Crippen LogP contribution < -0.4 is 15.8 Å². The molecule has 2 aromatic rings. The average Bonchev–Trinajstić information content (AvgIpc) is 3.11. The highest BCUT2D eigenvalue weighted by atomic mass is 35.5. The summed E-state index contributed by atoms with van der Waals surface area (Å²) in [5.74, 6) is 0.667. The minimum atomic E-state index is -0.567. The molecular weight excluding hydrogens is 392 g/mol. The smallest absolute Gasteiger partial charge is 0.283 e. The van der Waals surface area contributed by atoms with E-state index in [1.807, 2.05) is 18.2 Å². The monoisotopic (exact) mass is 412 g/mol. The number of nitrogens with two attached hydrogens (primary N) is 1. The summed E-state index contributed by atoms with van der Waals surface area (Å²) in [6.45, 7) is 0.395. The molecule has 3 heterocycles. The molecule has 1 fully saturated rings. The van der Waals surface area contributed by atoms with E-state index < -0.39 is 5.54 Å². The second kappa shape index (κ2) is 6.91. The van der Waals surface area contributed by atoms with E-state index in [1.54, 1.807) is 12.1 Å². The first-order valence-corrected chi connectivity index (χ1v) is 10.2. The van der Waals surface area contributed by atoms with Crippen molar-refractivity contribution < 1.29 is 14.3 Å². The number of carbonyl (C=O) groups excluding carboxylic acids is 1. The van der Waals surface area contributed by atoms with Gasteiger partial charge in [0.05, 0.1) is 5.02 Å². The zero-order valence-corrected chi connectivity index (χ0v) is 16.5. The van der Waals surface area contributed by atoms with Crippen LogP contribution in [0.5, 0.6) is 5.75 Å². The minimum absolute atomic E-state index is 0.105. The molecule has 1 amide bonds. The molecule has 3 N–H and O–H groups in total. The second-order valence-electron chi connectivity index (χ2n) is 7.74. The summed E-state index contributed by atoms with van der Waals surface area (Å²) in [5.41, 5.74) is 7.19. The maximum Gasteiger partial charge on any atom is 0.283 e. The van der Waals surface area contributed by atoms with Crippen LogP contribution in [-0.4, -0.2) is 29.6 Å². The summed E-state index contributed by atoms with van der Waals surface area (Å²) in [6, 6.07) is 9.06. The molecule has 3 aliphatic rings. The summed E-state index contributed by atoms with van der Waals surface area (Å²) in [4.78, 5) is 21.4. The van der Waals surface area contributed by atoms with Crippen LogP contribution in [0.3, 0.4) is 0 Å². The minimum Gasteiger partial charge on any atom is -0.490 e. The zero-order valence-electron chi connectivity index (χ0n) is 15.7. The van der Waals surface area contributed by atoms with Gasteiger partial charge in [-0.3, -0.25) is 4.79 Å². The molecule has 150 valence electrons. The molecule has 29 heavy (non-hydrogen) atoms. The zero-order chi connectivity index (χ0) is 20.0. The van der Waals surface area contributed by atoms with Gasteiger partial charge < -0.3 is 20.5 Å². The second-order valence-corrected chi connectivity index (χ2v) is 8.17. The van der Waals surface area contributed by atoms with Crippen molar-refractivity contribution in [1.29, 1.82) is 0 Å². The number of hydrogen-bond acceptors (Lipinski definition) is 6. The lowest BCUT2D eigenvalue weighted by molar-refractivity contribution is 0.00746. The number of benzene rings is 1. The number of rotatable bonds is 2. The van der Waals surface area contributed by atoms with Gasteiger partial charge in [-0.15, -0.1) is 0 Å². The lowest BCUT2D eigenvalue weighted by Crippen LogP contribution is -2.49. The summed E-state index contributed by atoms with van der Waals surface area (Å²) in [7, 11) is 0. The van der Waals surface area contributed by atoms with Crippen LogP contribution in [0, 0.1) is 5.92 Å². The number of amides is 1. The number of nitrogens with zero attached hydrogens (tertiary/aromatic N) is 2. The summed E-state index contributed by atoms with van der Waals surface area (Å²) in [6.07, 6.45) is 5.85. The predicted molar refractivity (Wildman–Crippen MR) is 109 cm³/mol. The lowest BCUT2D eigenvalue weighted by atomic mass is 9.68. The fraction of sp³-hybridized carbons (Fsp3) is 0.381. The topological polar surface area (TPSA) is 98.8 Å². The Bertz CT molecular complexity index is 994. The highest BCUT2D eigenvalue weighted by molar-refractivity contribution is 6.30. The summed E-state index contributed by atoms with van der Waals surface area (Å²) < 4.78 is 11.9. The first kappa shape index (κ1) is 18.2. The number of pyridine rings is 1. The van der Waals surface area contributed by atoms with E-state index in [-0.39, 0.29) is 29.6 Å². The quantitative estimate of drug-likeness (QED) is 0.786. The Morgan fingerprint density at radius 1 is 1.24 bits per heavy atom. The molecule has 5 rings (SSSR count). The molecule has 8 heteroatoms. The van der Waals surface area contributed by atoms with E-state index >= 15 is 0 Å². The number of ether oxygens (including phenoxy) is 2. The molecule has 2 aliphatic heterocycles. The molecular formula is C21H21ClN4O3. The molecule has 0 bridgehead atoms. The SMILES string of the molecule is NC1=NC2(CO1)c1cc(NC(=O)c3ccc(Cl)cn3)ccc1OC1CCCCC12. The van der Waals surface area contributed by atoms with Crippen LogP contribution in [0.1, 0.15) is 41.7 Å². The van der Waals surface area contributed by atoms with Crippen molar-refractivity contribution in [1.82, 2.24) is 4.98 Å². The maximum absolute atomic E-state index is 12.6. The van der Waals surface area contributed by atoms with E-state index in [0.29, 0.717) is 17.3 Å². The van der Waals surface area contributed by atoms with Crippen molar-refractivity contribution >= 4 is 29.2 Å². The third kappa shape index (κ3) is 3.09. The van der Waals surface area contributed by atoms with E-state index in [1.165, 1.54) is 6.20 Å². The van der Waals surface area contributed by atoms with Crippen molar-refractivity contribution in [3.05, 3.63) is 52.8 Å². The number of hydrogen-bond donors (Lipinski definition) is 2. The largest absolute Gasteiger partial charge is 0.490 e. The number of aromatic nitrogens is 1. The number of halogens is 1. The molecule has 1 spiro atoms. The fourth-order valence-electron chi connectivity index (χ4n) is 4.67. The van der Waals surface area contributed by atoms with E-state index in [9.17, 15) is 4.79 Å². The molecule has 1 aliphatic carbocycles. The third-order valence-electron chi connectivity index (χ3n) is 6.01. The molecule has 1 aromatic carbocycles. The lowest BCUT2D eigenvalue weighted by Gasteiger charge is -2.46. The van der Waals surface area contributed by atoms with Gasteiger partial charge in [0.25, 0.3) is 11.9 Å². The third-order valence-corrected chi connectivity index (χ3v) is 6.23.